The molecule has 2 aromatic rings. The van der Waals surface area contributed by atoms with E-state index in [1.807, 2.05) is 6.07 Å². The number of aldehydes is 1. The molecule has 0 bridgehead atoms. The highest BCUT2D eigenvalue weighted by Gasteiger charge is 2.16. The minimum atomic E-state index is 0.169. The largest absolute Gasteiger partial charge is 0.378 e. The summed E-state index contributed by atoms with van der Waals surface area (Å²) in [6.07, 6.45) is 3.14. The Balaban J connectivity index is 2.26. The van der Waals surface area contributed by atoms with Crippen LogP contribution in [0.4, 0.5) is 0 Å². The van der Waals surface area contributed by atoms with Crippen LogP contribution in [-0.2, 0) is 17.0 Å². The molecule has 164 valence electrons. The lowest BCUT2D eigenvalue weighted by molar-refractivity contribution is -0.107. The van der Waals surface area contributed by atoms with Crippen LogP contribution in [-0.4, -0.2) is 10.7 Å². The second-order valence-corrected chi connectivity index (χ2v) is 9.99. The third-order valence-electron chi connectivity index (χ3n) is 4.85. The zero-order chi connectivity index (χ0) is 22.6. The number of aryl methyl sites for hydroxylation is 1. The van der Waals surface area contributed by atoms with Gasteiger partial charge in [-0.15, -0.1) is 0 Å². The molecule has 1 unspecified atom stereocenters. The lowest BCUT2D eigenvalue weighted by atomic mass is 9.94. The van der Waals surface area contributed by atoms with Crippen LogP contribution in [0.2, 0.25) is 0 Å². The van der Waals surface area contributed by atoms with Crippen molar-refractivity contribution in [3.63, 3.8) is 0 Å². The van der Waals surface area contributed by atoms with Gasteiger partial charge in [0.05, 0.1) is 6.04 Å². The summed E-state index contributed by atoms with van der Waals surface area (Å²) in [6, 6.07) is 16.9. The van der Waals surface area contributed by atoms with Gasteiger partial charge < -0.3 is 10.1 Å². The number of carbonyl (C=O) groups excluding carboxylic acids is 1. The van der Waals surface area contributed by atoms with Crippen molar-refractivity contribution < 1.29 is 4.79 Å². The Labute approximate surface area is 195 Å². The van der Waals surface area contributed by atoms with Crippen molar-refractivity contribution in [1.29, 1.82) is 5.41 Å². The molecule has 0 radical (unpaired) electrons. The summed E-state index contributed by atoms with van der Waals surface area (Å²) in [4.78, 5) is 11.0. The first-order valence-electron chi connectivity index (χ1n) is 10.5. The van der Waals surface area contributed by atoms with E-state index in [4.69, 9.17) is 5.41 Å². The minimum Gasteiger partial charge on any atom is -0.378 e. The molecule has 5 heteroatoms. The number of nitrogens with one attached hydrogen (secondary N) is 2. The lowest BCUT2D eigenvalue weighted by Gasteiger charge is -2.25. The summed E-state index contributed by atoms with van der Waals surface area (Å²) in [5, 5.41) is 13.3. The third-order valence-corrected chi connectivity index (χ3v) is 6.61. The maximum Gasteiger partial charge on any atom is 0.126 e. The van der Waals surface area contributed by atoms with Crippen LogP contribution in [0.5, 0.6) is 0 Å². The number of thioether (sulfide) groups is 2. The number of benzene rings is 2. The van der Waals surface area contributed by atoms with Gasteiger partial charge in [-0.25, -0.2) is 0 Å². The Hall–Kier alpha value is -2.24. The summed E-state index contributed by atoms with van der Waals surface area (Å²) in [7, 11) is 0. The molecule has 3 nitrogen and oxygen atoms in total. The van der Waals surface area contributed by atoms with Crippen molar-refractivity contribution in [1.82, 2.24) is 5.32 Å². The molecule has 0 aliphatic rings. The van der Waals surface area contributed by atoms with E-state index in [9.17, 15) is 4.79 Å². The molecule has 2 rings (SSSR count). The molecule has 0 spiro atoms. The van der Waals surface area contributed by atoms with E-state index in [1.54, 1.807) is 5.41 Å². The Morgan fingerprint density at radius 2 is 1.94 bits per heavy atom. The van der Waals surface area contributed by atoms with Gasteiger partial charge in [-0.05, 0) is 46.9 Å². The lowest BCUT2D eigenvalue weighted by Crippen LogP contribution is -2.22. The zero-order valence-electron chi connectivity index (χ0n) is 18.4. The van der Waals surface area contributed by atoms with E-state index in [0.29, 0.717) is 28.9 Å². The SMILES string of the molecule is C=CSC(=N)SCc1ccc(CCC=O)c(C(=C)NC(CC(C)C)c2ccccc2)c1. The molecular formula is C26H32N2OS2. The van der Waals surface area contributed by atoms with Crippen molar-refractivity contribution in [2.24, 2.45) is 5.92 Å². The van der Waals surface area contributed by atoms with Crippen LogP contribution in [0.1, 0.15) is 55.0 Å². The van der Waals surface area contributed by atoms with Gasteiger partial charge in [0.25, 0.3) is 0 Å². The van der Waals surface area contributed by atoms with Crippen molar-refractivity contribution in [3.8, 4) is 0 Å². The van der Waals surface area contributed by atoms with Crippen molar-refractivity contribution >= 4 is 39.9 Å². The van der Waals surface area contributed by atoms with E-state index in [1.165, 1.54) is 29.1 Å². The second kappa shape index (κ2) is 13.2. The van der Waals surface area contributed by atoms with E-state index in [2.05, 4.69) is 74.8 Å². The molecule has 0 aromatic heterocycles. The Bertz CT molecular complexity index is 894. The maximum absolute atomic E-state index is 11.0. The molecule has 2 aromatic carbocycles. The molecule has 0 aliphatic carbocycles. The first kappa shape index (κ1) is 25.0. The van der Waals surface area contributed by atoms with Gasteiger partial charge in [0.15, 0.2) is 0 Å². The molecule has 0 aliphatic heterocycles. The zero-order valence-corrected chi connectivity index (χ0v) is 20.0. The molecule has 0 saturated carbocycles. The van der Waals surface area contributed by atoms with Crippen LogP contribution >= 0.6 is 23.5 Å². The molecular weight excluding hydrogens is 420 g/mol. The summed E-state index contributed by atoms with van der Waals surface area (Å²) in [5.41, 5.74) is 5.41. The van der Waals surface area contributed by atoms with Crippen LogP contribution < -0.4 is 5.32 Å². The van der Waals surface area contributed by atoms with E-state index >= 15 is 0 Å². The van der Waals surface area contributed by atoms with Crippen LogP contribution in [0.3, 0.4) is 0 Å². The van der Waals surface area contributed by atoms with Gasteiger partial charge in [-0.2, -0.15) is 0 Å². The first-order valence-corrected chi connectivity index (χ1v) is 12.4. The summed E-state index contributed by atoms with van der Waals surface area (Å²) in [5.74, 6) is 1.25. The highest BCUT2D eigenvalue weighted by atomic mass is 32.2. The van der Waals surface area contributed by atoms with Crippen molar-refractivity contribution in [2.45, 2.75) is 44.9 Å². The smallest absolute Gasteiger partial charge is 0.126 e. The summed E-state index contributed by atoms with van der Waals surface area (Å²) < 4.78 is 0.527. The molecule has 31 heavy (non-hydrogen) atoms. The number of rotatable bonds is 12. The van der Waals surface area contributed by atoms with Gasteiger partial charge in [0.1, 0.15) is 10.7 Å². The van der Waals surface area contributed by atoms with Gasteiger partial charge >= 0.3 is 0 Å². The van der Waals surface area contributed by atoms with E-state index in [-0.39, 0.29) is 6.04 Å². The van der Waals surface area contributed by atoms with Gasteiger partial charge in [-0.3, -0.25) is 5.41 Å². The van der Waals surface area contributed by atoms with Gasteiger partial charge in [0, 0.05) is 23.4 Å². The number of hydrogen-bond donors (Lipinski definition) is 2. The molecule has 0 heterocycles. The summed E-state index contributed by atoms with van der Waals surface area (Å²) in [6.45, 7) is 12.5. The first-order chi connectivity index (χ1) is 14.9. The number of carbonyl (C=O) groups is 1. The quantitative estimate of drug-likeness (QED) is 0.203. The monoisotopic (exact) mass is 452 g/mol. The Morgan fingerprint density at radius 3 is 2.58 bits per heavy atom. The predicted octanol–water partition coefficient (Wildman–Crippen LogP) is 7.21. The predicted molar refractivity (Wildman–Crippen MR) is 138 cm³/mol. The molecule has 0 fully saturated rings. The van der Waals surface area contributed by atoms with Crippen molar-refractivity contribution in [2.75, 3.05) is 0 Å². The molecule has 2 N–H and O–H groups in total. The fraction of sp³-hybridized carbons (Fsp3) is 0.308. The Kier molecular flexibility index (Phi) is 10.7. The van der Waals surface area contributed by atoms with Crippen LogP contribution in [0, 0.1) is 11.3 Å². The topological polar surface area (TPSA) is 53.0 Å². The van der Waals surface area contributed by atoms with Crippen LogP contribution in [0.25, 0.3) is 5.70 Å². The normalized spacial score (nSPS) is 11.7. The Morgan fingerprint density at radius 1 is 1.19 bits per heavy atom. The highest BCUT2D eigenvalue weighted by molar-refractivity contribution is 8.39. The minimum absolute atomic E-state index is 0.169. The van der Waals surface area contributed by atoms with Gasteiger partial charge in [-0.1, -0.05) is 93.0 Å². The highest BCUT2D eigenvalue weighted by Crippen LogP contribution is 2.28. The van der Waals surface area contributed by atoms with E-state index < -0.39 is 0 Å². The maximum atomic E-state index is 11.0. The fourth-order valence-electron chi connectivity index (χ4n) is 3.41. The standard InChI is InChI=1S/C26H32N2OS2/c1-5-30-26(27)31-18-21-13-14-22(12-9-15-29)24(17-21)20(4)28-25(16-19(2)3)23-10-7-6-8-11-23/h5-8,10-11,13-15,17,19,25,27-28H,1,4,9,12,16,18H2,2-3H3. The van der Waals surface area contributed by atoms with E-state index in [0.717, 1.165) is 35.1 Å². The average molecular weight is 453 g/mol. The van der Waals surface area contributed by atoms with Crippen molar-refractivity contribution in [3.05, 3.63) is 89.4 Å². The molecule has 1 atom stereocenters. The summed E-state index contributed by atoms with van der Waals surface area (Å²) >= 11 is 2.81. The average Bonchev–Trinajstić information content (AvgIpc) is 2.76. The third kappa shape index (κ3) is 8.42. The van der Waals surface area contributed by atoms with Crippen LogP contribution in [0.15, 0.2) is 67.1 Å². The van der Waals surface area contributed by atoms with Gasteiger partial charge in [0.2, 0.25) is 0 Å². The second-order valence-electron chi connectivity index (χ2n) is 7.77. The fourth-order valence-corrected chi connectivity index (χ4v) is 4.69. The number of hydrogen-bond acceptors (Lipinski definition) is 5. The molecule has 0 amide bonds. The molecule has 0 saturated heterocycles.